The van der Waals surface area contributed by atoms with Crippen molar-refractivity contribution in [2.24, 2.45) is 0 Å². The van der Waals surface area contributed by atoms with Gasteiger partial charge in [-0.25, -0.2) is 4.68 Å². The third-order valence-corrected chi connectivity index (χ3v) is 3.49. The first-order valence-corrected chi connectivity index (χ1v) is 7.09. The molecule has 2 aromatic rings. The van der Waals surface area contributed by atoms with Crippen LogP contribution in [0.3, 0.4) is 0 Å². The summed E-state index contributed by atoms with van der Waals surface area (Å²) in [7, 11) is 0. The van der Waals surface area contributed by atoms with Crippen molar-refractivity contribution in [3.05, 3.63) is 50.9 Å². The molecule has 0 aliphatic rings. The van der Waals surface area contributed by atoms with Gasteiger partial charge in [0.1, 0.15) is 0 Å². The first kappa shape index (κ1) is 15.4. The second-order valence-electron chi connectivity index (χ2n) is 5.17. The molecule has 1 aromatic heterocycles. The molecule has 2 N–H and O–H groups in total. The molecule has 0 amide bonds. The van der Waals surface area contributed by atoms with Crippen molar-refractivity contribution in [3.63, 3.8) is 0 Å². The lowest BCUT2D eigenvalue weighted by atomic mass is 10.0. The molecule has 0 radical (unpaired) electrons. The average molecular weight is 309 g/mol. The van der Waals surface area contributed by atoms with Gasteiger partial charge in [-0.15, -0.1) is 0 Å². The number of carbonyl (C=O) groups is 1. The smallest absolute Gasteiger partial charge is 0.303 e. The van der Waals surface area contributed by atoms with Gasteiger partial charge in [0, 0.05) is 22.7 Å². The monoisotopic (exact) mass is 308 g/mol. The van der Waals surface area contributed by atoms with Crippen LogP contribution in [0.15, 0.2) is 29.1 Å². The SMILES string of the molecule is CC(C)c1[nH]n(-c2cccc(Cl)c2)c(=O)c1CCC(=O)O. The molecule has 0 atom stereocenters. The molecule has 0 spiro atoms. The number of aliphatic carboxylic acids is 1. The van der Waals surface area contributed by atoms with Crippen LogP contribution in [0.25, 0.3) is 5.69 Å². The molecule has 0 fully saturated rings. The van der Waals surface area contributed by atoms with E-state index in [9.17, 15) is 9.59 Å². The zero-order valence-corrected chi connectivity index (χ0v) is 12.6. The number of aromatic amines is 1. The lowest BCUT2D eigenvalue weighted by Gasteiger charge is -2.05. The summed E-state index contributed by atoms with van der Waals surface area (Å²) < 4.78 is 1.42. The van der Waals surface area contributed by atoms with E-state index in [1.807, 2.05) is 13.8 Å². The van der Waals surface area contributed by atoms with E-state index in [4.69, 9.17) is 16.7 Å². The molecular formula is C15H17ClN2O3. The van der Waals surface area contributed by atoms with E-state index in [1.165, 1.54) is 4.68 Å². The standard InChI is InChI=1S/C15H17ClN2O3/c1-9(2)14-12(6-7-13(19)20)15(21)18(17-14)11-5-3-4-10(16)8-11/h3-5,8-9,17H,6-7H2,1-2H3,(H,19,20). The summed E-state index contributed by atoms with van der Waals surface area (Å²) in [5.74, 6) is -0.818. The van der Waals surface area contributed by atoms with Gasteiger partial charge in [-0.3, -0.25) is 14.7 Å². The molecule has 6 heteroatoms. The van der Waals surface area contributed by atoms with Crippen LogP contribution in [0.5, 0.6) is 0 Å². The highest BCUT2D eigenvalue weighted by molar-refractivity contribution is 6.30. The van der Waals surface area contributed by atoms with Crippen molar-refractivity contribution < 1.29 is 9.90 Å². The van der Waals surface area contributed by atoms with Gasteiger partial charge < -0.3 is 5.11 Å². The Balaban J connectivity index is 2.51. The second kappa shape index (κ2) is 6.18. The molecule has 2 rings (SSSR count). The van der Waals surface area contributed by atoms with E-state index in [0.29, 0.717) is 16.3 Å². The van der Waals surface area contributed by atoms with Gasteiger partial charge in [0.25, 0.3) is 5.56 Å². The number of H-pyrrole nitrogens is 1. The topological polar surface area (TPSA) is 75.1 Å². The maximum absolute atomic E-state index is 12.5. The summed E-state index contributed by atoms with van der Waals surface area (Å²) in [5.41, 5.74) is 1.70. The van der Waals surface area contributed by atoms with Crippen LogP contribution in [-0.4, -0.2) is 20.9 Å². The number of nitrogens with zero attached hydrogens (tertiary/aromatic N) is 1. The number of carboxylic acid groups (broad SMARTS) is 1. The number of nitrogens with one attached hydrogen (secondary N) is 1. The number of hydrogen-bond donors (Lipinski definition) is 2. The van der Waals surface area contributed by atoms with E-state index in [2.05, 4.69) is 5.10 Å². The summed E-state index contributed by atoms with van der Waals surface area (Å²) in [6.45, 7) is 3.91. The van der Waals surface area contributed by atoms with E-state index < -0.39 is 5.97 Å². The molecule has 5 nitrogen and oxygen atoms in total. The van der Waals surface area contributed by atoms with Crippen molar-refractivity contribution in [3.8, 4) is 5.69 Å². The van der Waals surface area contributed by atoms with Crippen LogP contribution >= 0.6 is 11.6 Å². The Morgan fingerprint density at radius 3 is 2.71 bits per heavy atom. The summed E-state index contributed by atoms with van der Waals surface area (Å²) in [4.78, 5) is 23.3. The Labute approximate surface area is 127 Å². The van der Waals surface area contributed by atoms with Gasteiger partial charge in [-0.2, -0.15) is 0 Å². The predicted molar refractivity (Wildman–Crippen MR) is 81.4 cm³/mol. The van der Waals surface area contributed by atoms with Crippen LogP contribution in [0.1, 0.15) is 37.4 Å². The molecule has 0 aliphatic heterocycles. The molecule has 112 valence electrons. The minimum atomic E-state index is -0.917. The Kier molecular flexibility index (Phi) is 4.53. The van der Waals surface area contributed by atoms with E-state index in [-0.39, 0.29) is 24.3 Å². The fraction of sp³-hybridized carbons (Fsp3) is 0.333. The zero-order valence-electron chi connectivity index (χ0n) is 11.9. The fourth-order valence-corrected chi connectivity index (χ4v) is 2.42. The first-order chi connectivity index (χ1) is 9.90. The fourth-order valence-electron chi connectivity index (χ4n) is 2.24. The lowest BCUT2D eigenvalue weighted by molar-refractivity contribution is -0.136. The quantitative estimate of drug-likeness (QED) is 0.891. The van der Waals surface area contributed by atoms with E-state index in [0.717, 1.165) is 5.69 Å². The van der Waals surface area contributed by atoms with Crippen LogP contribution in [0, 0.1) is 0 Å². The molecular weight excluding hydrogens is 292 g/mol. The maximum atomic E-state index is 12.5. The molecule has 0 bridgehead atoms. The summed E-state index contributed by atoms with van der Waals surface area (Å²) >= 11 is 5.95. The lowest BCUT2D eigenvalue weighted by Crippen LogP contribution is -2.18. The van der Waals surface area contributed by atoms with Gasteiger partial charge in [0.2, 0.25) is 0 Å². The van der Waals surface area contributed by atoms with Crippen LogP contribution in [0.4, 0.5) is 0 Å². The Hall–Kier alpha value is -2.01. The molecule has 0 unspecified atom stereocenters. The Bertz CT molecular complexity index is 716. The van der Waals surface area contributed by atoms with Crippen molar-refractivity contribution in [1.29, 1.82) is 0 Å². The zero-order chi connectivity index (χ0) is 15.6. The largest absolute Gasteiger partial charge is 0.481 e. The first-order valence-electron chi connectivity index (χ1n) is 6.71. The average Bonchev–Trinajstić information content (AvgIpc) is 2.73. The van der Waals surface area contributed by atoms with Crippen molar-refractivity contribution in [2.45, 2.75) is 32.6 Å². The number of carboxylic acids is 1. The Morgan fingerprint density at radius 2 is 2.14 bits per heavy atom. The highest BCUT2D eigenvalue weighted by Crippen LogP contribution is 2.19. The number of halogens is 1. The normalized spacial score (nSPS) is 11.0. The minimum Gasteiger partial charge on any atom is -0.481 e. The third-order valence-electron chi connectivity index (χ3n) is 3.25. The maximum Gasteiger partial charge on any atom is 0.303 e. The van der Waals surface area contributed by atoms with Gasteiger partial charge in [-0.1, -0.05) is 31.5 Å². The summed E-state index contributed by atoms with van der Waals surface area (Å²) in [5, 5.41) is 12.4. The van der Waals surface area contributed by atoms with Gasteiger partial charge in [0.05, 0.1) is 5.69 Å². The Morgan fingerprint density at radius 1 is 1.43 bits per heavy atom. The van der Waals surface area contributed by atoms with Crippen LogP contribution < -0.4 is 5.56 Å². The molecule has 0 saturated heterocycles. The van der Waals surface area contributed by atoms with Gasteiger partial charge >= 0.3 is 5.97 Å². The predicted octanol–water partition coefficient (Wildman–Crippen LogP) is 2.96. The number of hydrogen-bond acceptors (Lipinski definition) is 2. The molecule has 0 aliphatic carbocycles. The number of benzene rings is 1. The summed E-state index contributed by atoms with van der Waals surface area (Å²) in [6, 6.07) is 6.95. The molecule has 1 heterocycles. The van der Waals surface area contributed by atoms with Crippen molar-refractivity contribution in [2.75, 3.05) is 0 Å². The molecule has 1 aromatic carbocycles. The van der Waals surface area contributed by atoms with Crippen LogP contribution in [0.2, 0.25) is 5.02 Å². The van der Waals surface area contributed by atoms with Gasteiger partial charge in [0.15, 0.2) is 0 Å². The number of rotatable bonds is 5. The summed E-state index contributed by atoms with van der Waals surface area (Å²) in [6.07, 6.45) is 0.147. The molecule has 21 heavy (non-hydrogen) atoms. The van der Waals surface area contributed by atoms with Crippen LogP contribution in [-0.2, 0) is 11.2 Å². The second-order valence-corrected chi connectivity index (χ2v) is 5.61. The van der Waals surface area contributed by atoms with Crippen molar-refractivity contribution >= 4 is 17.6 Å². The van der Waals surface area contributed by atoms with Gasteiger partial charge in [-0.05, 0) is 30.5 Å². The highest BCUT2D eigenvalue weighted by Gasteiger charge is 2.18. The van der Waals surface area contributed by atoms with Crippen molar-refractivity contribution in [1.82, 2.24) is 9.78 Å². The highest BCUT2D eigenvalue weighted by atomic mass is 35.5. The van der Waals surface area contributed by atoms with E-state index in [1.54, 1.807) is 24.3 Å². The molecule has 0 saturated carbocycles. The number of aromatic nitrogens is 2. The van der Waals surface area contributed by atoms with E-state index >= 15 is 0 Å². The third kappa shape index (κ3) is 3.36. The minimum absolute atomic E-state index is 0.0671.